The maximum atomic E-state index is 6.11. The second kappa shape index (κ2) is 4.43. The lowest BCUT2D eigenvalue weighted by molar-refractivity contribution is 0.167. The molecule has 0 saturated heterocycles. The molecule has 0 aliphatic heterocycles. The average Bonchev–Trinajstić information content (AvgIpc) is 2.65. The molecule has 1 aliphatic carbocycles. The number of rotatable bonds is 3. The van der Waals surface area contributed by atoms with Gasteiger partial charge in [-0.1, -0.05) is 0 Å². The monoisotopic (exact) mass is 211 g/mol. The summed E-state index contributed by atoms with van der Waals surface area (Å²) in [6, 6.07) is 2.40. The van der Waals surface area contributed by atoms with Crippen LogP contribution in [-0.4, -0.2) is 19.8 Å². The molecule has 1 aliphatic rings. The number of fused-ring (bicyclic) bond motifs is 1. The number of hydrogen-bond acceptors (Lipinski definition) is 3. The highest BCUT2D eigenvalue weighted by atomic mass is 32.1. The topological polar surface area (TPSA) is 35.2 Å². The minimum atomic E-state index is 0.161. The summed E-state index contributed by atoms with van der Waals surface area (Å²) in [7, 11) is 1.72. The largest absolute Gasteiger partial charge is 0.383 e. The van der Waals surface area contributed by atoms with E-state index in [-0.39, 0.29) is 6.04 Å². The molecule has 0 spiro atoms. The summed E-state index contributed by atoms with van der Waals surface area (Å²) in [6.45, 7) is 0.667. The van der Waals surface area contributed by atoms with Crippen LogP contribution in [-0.2, 0) is 11.2 Å². The molecule has 0 saturated carbocycles. The molecule has 1 aromatic heterocycles. The second-order valence-electron chi connectivity index (χ2n) is 3.92. The Hall–Kier alpha value is -0.380. The van der Waals surface area contributed by atoms with Crippen LogP contribution in [0.5, 0.6) is 0 Å². The van der Waals surface area contributed by atoms with Gasteiger partial charge in [-0.15, -0.1) is 11.3 Å². The number of thiophene rings is 1. The van der Waals surface area contributed by atoms with Crippen molar-refractivity contribution in [2.75, 3.05) is 13.7 Å². The molecule has 2 rings (SSSR count). The van der Waals surface area contributed by atoms with Gasteiger partial charge in [0, 0.05) is 23.9 Å². The van der Waals surface area contributed by atoms with E-state index >= 15 is 0 Å². The molecule has 2 N–H and O–H groups in total. The average molecular weight is 211 g/mol. The van der Waals surface area contributed by atoms with Crippen LogP contribution >= 0.6 is 11.3 Å². The highest BCUT2D eigenvalue weighted by molar-refractivity contribution is 7.10. The number of hydrogen-bond donors (Lipinski definition) is 1. The number of ether oxygens (including phenoxy) is 1. The molecule has 2 unspecified atom stereocenters. The summed E-state index contributed by atoms with van der Waals surface area (Å²) in [6.07, 6.45) is 3.73. The Balaban J connectivity index is 2.15. The Bertz CT molecular complexity index is 297. The van der Waals surface area contributed by atoms with Crippen molar-refractivity contribution in [3.63, 3.8) is 0 Å². The zero-order valence-electron chi connectivity index (χ0n) is 8.53. The minimum absolute atomic E-state index is 0.161. The van der Waals surface area contributed by atoms with Gasteiger partial charge in [0.1, 0.15) is 0 Å². The van der Waals surface area contributed by atoms with Gasteiger partial charge in [0.25, 0.3) is 0 Å². The molecule has 1 aromatic rings. The van der Waals surface area contributed by atoms with Crippen LogP contribution in [0.2, 0.25) is 0 Å². The van der Waals surface area contributed by atoms with Crippen molar-refractivity contribution in [1.82, 2.24) is 0 Å². The maximum absolute atomic E-state index is 6.11. The predicted octanol–water partition coefficient (Wildman–Crippen LogP) is 2.14. The Morgan fingerprint density at radius 2 is 2.57 bits per heavy atom. The van der Waals surface area contributed by atoms with Crippen molar-refractivity contribution in [2.24, 2.45) is 5.73 Å². The predicted molar refractivity (Wildman–Crippen MR) is 59.8 cm³/mol. The second-order valence-corrected chi connectivity index (χ2v) is 4.92. The van der Waals surface area contributed by atoms with Crippen molar-refractivity contribution in [1.29, 1.82) is 0 Å². The van der Waals surface area contributed by atoms with Gasteiger partial charge in [-0.25, -0.2) is 0 Å². The lowest BCUT2D eigenvalue weighted by Crippen LogP contribution is -2.34. The molecule has 14 heavy (non-hydrogen) atoms. The molecular formula is C11H17NOS. The molecule has 0 bridgehead atoms. The summed E-state index contributed by atoms with van der Waals surface area (Å²) in [5, 5.41) is 2.18. The summed E-state index contributed by atoms with van der Waals surface area (Å²) in [4.78, 5) is 1.54. The van der Waals surface area contributed by atoms with E-state index in [4.69, 9.17) is 10.5 Å². The fourth-order valence-corrected chi connectivity index (χ4v) is 3.27. The third-order valence-electron chi connectivity index (χ3n) is 2.97. The van der Waals surface area contributed by atoms with E-state index < -0.39 is 0 Å². The van der Waals surface area contributed by atoms with E-state index in [9.17, 15) is 0 Å². The van der Waals surface area contributed by atoms with Gasteiger partial charge in [-0.05, 0) is 36.3 Å². The van der Waals surface area contributed by atoms with E-state index in [1.807, 2.05) is 11.3 Å². The maximum Gasteiger partial charge on any atom is 0.0619 e. The molecule has 0 fully saturated rings. The number of nitrogens with two attached hydrogens (primary N) is 1. The number of aryl methyl sites for hydroxylation is 1. The summed E-state index contributed by atoms with van der Waals surface area (Å²) in [5.41, 5.74) is 7.59. The van der Waals surface area contributed by atoms with Gasteiger partial charge in [-0.2, -0.15) is 0 Å². The highest BCUT2D eigenvalue weighted by Crippen LogP contribution is 2.36. The van der Waals surface area contributed by atoms with E-state index in [2.05, 4.69) is 11.4 Å². The van der Waals surface area contributed by atoms with Crippen LogP contribution in [0.25, 0.3) is 0 Å². The van der Waals surface area contributed by atoms with Gasteiger partial charge >= 0.3 is 0 Å². The van der Waals surface area contributed by atoms with E-state index in [1.165, 1.54) is 29.7 Å². The van der Waals surface area contributed by atoms with E-state index in [1.54, 1.807) is 7.11 Å². The first-order chi connectivity index (χ1) is 6.83. The Morgan fingerprint density at radius 3 is 3.36 bits per heavy atom. The quantitative estimate of drug-likeness (QED) is 0.831. The molecule has 78 valence electrons. The zero-order valence-corrected chi connectivity index (χ0v) is 9.35. The van der Waals surface area contributed by atoms with E-state index in [0.29, 0.717) is 12.5 Å². The van der Waals surface area contributed by atoms with Gasteiger partial charge in [0.2, 0.25) is 0 Å². The fourth-order valence-electron chi connectivity index (χ4n) is 2.28. The normalized spacial score (nSPS) is 23.1. The first kappa shape index (κ1) is 10.1. The van der Waals surface area contributed by atoms with Crippen LogP contribution in [0.1, 0.15) is 29.2 Å². The zero-order chi connectivity index (χ0) is 9.97. The van der Waals surface area contributed by atoms with Gasteiger partial charge in [0.05, 0.1) is 6.61 Å². The standard InChI is InChI=1S/C11H17NOS/c1-13-7-10(12)8-3-2-4-11-9(8)5-6-14-11/h5-6,8,10H,2-4,7,12H2,1H3. The molecule has 0 radical (unpaired) electrons. The SMILES string of the molecule is COCC(N)C1CCCc2sccc21. The Labute approximate surface area is 89.1 Å². The molecule has 1 heterocycles. The van der Waals surface area contributed by atoms with Crippen molar-refractivity contribution >= 4 is 11.3 Å². The Kier molecular flexibility index (Phi) is 3.21. The molecule has 0 amide bonds. The molecule has 2 nitrogen and oxygen atoms in total. The minimum Gasteiger partial charge on any atom is -0.383 e. The number of methoxy groups -OCH3 is 1. The molecule has 3 heteroatoms. The van der Waals surface area contributed by atoms with Gasteiger partial charge in [0.15, 0.2) is 0 Å². The molecule has 0 aromatic carbocycles. The van der Waals surface area contributed by atoms with Gasteiger partial charge < -0.3 is 10.5 Å². The molecule has 2 atom stereocenters. The Morgan fingerprint density at radius 1 is 1.71 bits per heavy atom. The third kappa shape index (κ3) is 1.85. The van der Waals surface area contributed by atoms with Crippen LogP contribution in [0.15, 0.2) is 11.4 Å². The molecular weight excluding hydrogens is 194 g/mol. The van der Waals surface area contributed by atoms with Crippen molar-refractivity contribution < 1.29 is 4.74 Å². The lowest BCUT2D eigenvalue weighted by Gasteiger charge is -2.27. The van der Waals surface area contributed by atoms with Crippen molar-refractivity contribution in [3.05, 3.63) is 21.9 Å². The van der Waals surface area contributed by atoms with Gasteiger partial charge in [-0.3, -0.25) is 0 Å². The summed E-state index contributed by atoms with van der Waals surface area (Å²) < 4.78 is 5.13. The lowest BCUT2D eigenvalue weighted by atomic mass is 9.83. The summed E-state index contributed by atoms with van der Waals surface area (Å²) >= 11 is 1.87. The summed E-state index contributed by atoms with van der Waals surface area (Å²) in [5.74, 6) is 0.518. The third-order valence-corrected chi connectivity index (χ3v) is 3.97. The van der Waals surface area contributed by atoms with Crippen molar-refractivity contribution in [3.8, 4) is 0 Å². The highest BCUT2D eigenvalue weighted by Gasteiger charge is 2.26. The van der Waals surface area contributed by atoms with Crippen LogP contribution < -0.4 is 5.73 Å². The van der Waals surface area contributed by atoms with Crippen LogP contribution in [0, 0.1) is 0 Å². The van der Waals surface area contributed by atoms with E-state index in [0.717, 1.165) is 0 Å². The fraction of sp³-hybridized carbons (Fsp3) is 0.636. The van der Waals surface area contributed by atoms with Crippen LogP contribution in [0.4, 0.5) is 0 Å². The first-order valence-corrected chi connectivity index (χ1v) is 6.01. The smallest absolute Gasteiger partial charge is 0.0619 e. The van der Waals surface area contributed by atoms with Crippen LogP contribution in [0.3, 0.4) is 0 Å². The first-order valence-electron chi connectivity index (χ1n) is 5.13. The van der Waals surface area contributed by atoms with Crippen molar-refractivity contribution in [2.45, 2.75) is 31.2 Å².